The van der Waals surface area contributed by atoms with Gasteiger partial charge >= 0.3 is 11.8 Å². The average molecular weight is 276 g/mol. The molecule has 0 spiro atoms. The van der Waals surface area contributed by atoms with Crippen LogP contribution in [0.1, 0.15) is 5.56 Å². The van der Waals surface area contributed by atoms with E-state index >= 15 is 0 Å². The summed E-state index contributed by atoms with van der Waals surface area (Å²) < 4.78 is 18.2. The lowest BCUT2D eigenvalue weighted by molar-refractivity contribution is -0.136. The van der Waals surface area contributed by atoms with Crippen LogP contribution in [0.2, 0.25) is 0 Å². The largest absolute Gasteiger partial charge is 0.472 e. The fraction of sp³-hybridized carbons (Fsp3) is 0.143. The minimum Gasteiger partial charge on any atom is -0.472 e. The lowest BCUT2D eigenvalue weighted by Crippen LogP contribution is -2.36. The van der Waals surface area contributed by atoms with Crippen LogP contribution in [-0.2, 0) is 16.0 Å². The number of benzene rings is 1. The highest BCUT2D eigenvalue weighted by Crippen LogP contribution is 2.11. The smallest absolute Gasteiger partial charge is 0.313 e. The summed E-state index contributed by atoms with van der Waals surface area (Å²) in [6.45, 7) is 0.295. The van der Waals surface area contributed by atoms with Gasteiger partial charge in [0, 0.05) is 6.54 Å². The summed E-state index contributed by atoms with van der Waals surface area (Å²) in [5.74, 6) is -2.30. The zero-order chi connectivity index (χ0) is 14.4. The number of amides is 2. The van der Waals surface area contributed by atoms with Crippen molar-refractivity contribution in [2.75, 3.05) is 11.9 Å². The lowest BCUT2D eigenvalue weighted by atomic mass is 10.2. The lowest BCUT2D eigenvalue weighted by Gasteiger charge is -2.06. The molecule has 0 atom stereocenters. The van der Waals surface area contributed by atoms with Gasteiger partial charge in [-0.1, -0.05) is 12.1 Å². The predicted octanol–water partition coefficient (Wildman–Crippen LogP) is 1.72. The van der Waals surface area contributed by atoms with Gasteiger partial charge in [0.25, 0.3) is 0 Å². The van der Waals surface area contributed by atoms with Crippen LogP contribution in [0.3, 0.4) is 0 Å². The number of rotatable bonds is 4. The molecule has 0 saturated carbocycles. The van der Waals surface area contributed by atoms with Gasteiger partial charge in [-0.3, -0.25) is 9.59 Å². The Kier molecular flexibility index (Phi) is 4.49. The number of hydrogen-bond donors (Lipinski definition) is 2. The summed E-state index contributed by atoms with van der Waals surface area (Å²) >= 11 is 0. The summed E-state index contributed by atoms with van der Waals surface area (Å²) in [6, 6.07) is 7.41. The molecule has 0 aliphatic carbocycles. The Hall–Kier alpha value is -2.63. The van der Waals surface area contributed by atoms with E-state index in [9.17, 15) is 14.0 Å². The second kappa shape index (κ2) is 6.51. The monoisotopic (exact) mass is 276 g/mol. The van der Waals surface area contributed by atoms with Crippen molar-refractivity contribution in [1.29, 1.82) is 0 Å². The van der Waals surface area contributed by atoms with Gasteiger partial charge in [0.1, 0.15) is 5.82 Å². The number of halogens is 1. The molecule has 5 nitrogen and oxygen atoms in total. The highest BCUT2D eigenvalue weighted by molar-refractivity contribution is 6.39. The Morgan fingerprint density at radius 3 is 2.65 bits per heavy atom. The maximum atomic E-state index is 13.3. The molecular weight excluding hydrogens is 263 g/mol. The summed E-state index contributed by atoms with van der Waals surface area (Å²) in [6.07, 6.45) is 3.64. The zero-order valence-electron chi connectivity index (χ0n) is 10.6. The first-order valence-corrected chi connectivity index (χ1v) is 6.01. The molecule has 0 aliphatic rings. The SMILES string of the molecule is O=C(NCCc1ccoc1)C(=O)Nc1ccccc1F. The molecule has 104 valence electrons. The third kappa shape index (κ3) is 3.68. The minimum atomic E-state index is -0.901. The topological polar surface area (TPSA) is 71.3 Å². The minimum absolute atomic E-state index is 0.0255. The van der Waals surface area contributed by atoms with Gasteiger partial charge < -0.3 is 15.1 Å². The molecule has 0 radical (unpaired) electrons. The summed E-state index contributed by atoms with van der Waals surface area (Å²) in [5.41, 5.74) is 0.891. The number of carbonyl (C=O) groups excluding carboxylic acids is 2. The third-order valence-electron chi connectivity index (χ3n) is 2.61. The molecule has 0 saturated heterocycles. The molecule has 0 unspecified atom stereocenters. The standard InChI is InChI=1S/C14H13FN2O3/c15-11-3-1-2-4-12(11)17-14(19)13(18)16-7-5-10-6-8-20-9-10/h1-4,6,8-9H,5,7H2,(H,16,18)(H,17,19). The van der Waals surface area contributed by atoms with E-state index in [1.807, 2.05) is 0 Å². The van der Waals surface area contributed by atoms with Crippen LogP contribution in [0.5, 0.6) is 0 Å². The van der Waals surface area contributed by atoms with Crippen LogP contribution in [0.15, 0.2) is 47.3 Å². The molecular formula is C14H13FN2O3. The van der Waals surface area contributed by atoms with Gasteiger partial charge in [0.2, 0.25) is 0 Å². The number of nitrogens with one attached hydrogen (secondary N) is 2. The second-order valence-electron chi connectivity index (χ2n) is 4.07. The van der Waals surface area contributed by atoms with Gasteiger partial charge in [-0.2, -0.15) is 0 Å². The van der Waals surface area contributed by atoms with E-state index in [2.05, 4.69) is 10.6 Å². The van der Waals surface area contributed by atoms with Crippen molar-refractivity contribution in [2.24, 2.45) is 0 Å². The summed E-state index contributed by atoms with van der Waals surface area (Å²) in [4.78, 5) is 23.1. The number of carbonyl (C=O) groups is 2. The van der Waals surface area contributed by atoms with Crippen molar-refractivity contribution in [3.05, 3.63) is 54.2 Å². The fourth-order valence-corrected chi connectivity index (χ4v) is 1.58. The Morgan fingerprint density at radius 2 is 1.95 bits per heavy atom. The van der Waals surface area contributed by atoms with Gasteiger partial charge in [0.05, 0.1) is 18.2 Å². The van der Waals surface area contributed by atoms with Gasteiger partial charge in [0.15, 0.2) is 0 Å². The van der Waals surface area contributed by atoms with E-state index in [-0.39, 0.29) is 5.69 Å². The van der Waals surface area contributed by atoms with Crippen molar-refractivity contribution in [2.45, 2.75) is 6.42 Å². The Bertz CT molecular complexity index is 596. The van der Waals surface area contributed by atoms with Crippen LogP contribution in [0.4, 0.5) is 10.1 Å². The van der Waals surface area contributed by atoms with Crippen LogP contribution in [0.25, 0.3) is 0 Å². The molecule has 0 aliphatic heterocycles. The van der Waals surface area contributed by atoms with Crippen LogP contribution >= 0.6 is 0 Å². The van der Waals surface area contributed by atoms with Crippen LogP contribution in [0, 0.1) is 5.82 Å². The number of furan rings is 1. The van der Waals surface area contributed by atoms with E-state index in [1.54, 1.807) is 18.4 Å². The van der Waals surface area contributed by atoms with Crippen molar-refractivity contribution in [3.8, 4) is 0 Å². The quantitative estimate of drug-likeness (QED) is 0.835. The maximum absolute atomic E-state index is 13.3. The molecule has 1 heterocycles. The first-order valence-electron chi connectivity index (χ1n) is 6.01. The van der Waals surface area contributed by atoms with Crippen LogP contribution < -0.4 is 10.6 Å². The molecule has 0 bridgehead atoms. The molecule has 20 heavy (non-hydrogen) atoms. The first-order chi connectivity index (χ1) is 9.66. The number of anilines is 1. The third-order valence-corrected chi connectivity index (χ3v) is 2.61. The highest BCUT2D eigenvalue weighted by Gasteiger charge is 2.14. The molecule has 1 aromatic carbocycles. The Labute approximate surface area is 114 Å². The van der Waals surface area contributed by atoms with Gasteiger partial charge in [-0.05, 0) is 30.2 Å². The molecule has 1 aromatic heterocycles. The van der Waals surface area contributed by atoms with E-state index in [0.29, 0.717) is 13.0 Å². The van der Waals surface area contributed by atoms with E-state index < -0.39 is 17.6 Å². The Morgan fingerprint density at radius 1 is 1.15 bits per heavy atom. The molecule has 2 N–H and O–H groups in total. The second-order valence-corrected chi connectivity index (χ2v) is 4.07. The van der Waals surface area contributed by atoms with E-state index in [1.165, 1.54) is 24.5 Å². The molecule has 2 amide bonds. The highest BCUT2D eigenvalue weighted by atomic mass is 19.1. The Balaban J connectivity index is 1.80. The van der Waals surface area contributed by atoms with E-state index in [4.69, 9.17) is 4.42 Å². The van der Waals surface area contributed by atoms with Gasteiger partial charge in [-0.25, -0.2) is 4.39 Å². The van der Waals surface area contributed by atoms with E-state index in [0.717, 1.165) is 5.56 Å². The van der Waals surface area contributed by atoms with Crippen molar-refractivity contribution < 1.29 is 18.4 Å². The number of hydrogen-bond acceptors (Lipinski definition) is 3. The van der Waals surface area contributed by atoms with Crippen molar-refractivity contribution >= 4 is 17.5 Å². The molecule has 0 fully saturated rings. The van der Waals surface area contributed by atoms with Crippen LogP contribution in [-0.4, -0.2) is 18.4 Å². The summed E-state index contributed by atoms with van der Waals surface area (Å²) in [5, 5.41) is 4.65. The molecule has 2 aromatic rings. The average Bonchev–Trinajstić information content (AvgIpc) is 2.94. The fourth-order valence-electron chi connectivity index (χ4n) is 1.58. The van der Waals surface area contributed by atoms with Crippen molar-refractivity contribution in [3.63, 3.8) is 0 Å². The maximum Gasteiger partial charge on any atom is 0.313 e. The molecule has 6 heteroatoms. The normalized spacial score (nSPS) is 10.1. The first kappa shape index (κ1) is 13.8. The molecule has 2 rings (SSSR count). The van der Waals surface area contributed by atoms with Crippen molar-refractivity contribution in [1.82, 2.24) is 5.32 Å². The van der Waals surface area contributed by atoms with Gasteiger partial charge in [-0.15, -0.1) is 0 Å². The zero-order valence-corrected chi connectivity index (χ0v) is 10.6. The number of para-hydroxylation sites is 1. The predicted molar refractivity (Wildman–Crippen MR) is 70.5 cm³/mol. The summed E-state index contributed by atoms with van der Waals surface area (Å²) in [7, 11) is 0.